The minimum absolute atomic E-state index is 0.0186. The third-order valence-electron chi connectivity index (χ3n) is 7.96. The maximum absolute atomic E-state index is 13.7. The van der Waals surface area contributed by atoms with Crippen LogP contribution in [-0.2, 0) is 11.3 Å². The maximum atomic E-state index is 13.7. The predicted molar refractivity (Wildman–Crippen MR) is 172 cm³/mol. The SMILES string of the molecule is C[C@H](CO)N1C[C@H](C)[C@H](CN(C)Cc2ccc(-c3ccccc3)cc2)Oc2ccc(NC(=O)CCCN(C)C)cc2C1=O. The fourth-order valence-corrected chi connectivity index (χ4v) is 5.41. The number of rotatable bonds is 12. The lowest BCUT2D eigenvalue weighted by atomic mass is 9.99. The van der Waals surface area contributed by atoms with Gasteiger partial charge in [-0.25, -0.2) is 0 Å². The van der Waals surface area contributed by atoms with Crippen molar-refractivity contribution in [3.05, 3.63) is 83.9 Å². The van der Waals surface area contributed by atoms with Crippen LogP contribution in [0.2, 0.25) is 0 Å². The number of nitrogens with zero attached hydrogens (tertiary/aromatic N) is 3. The Bertz CT molecular complexity index is 1350. The minimum Gasteiger partial charge on any atom is -0.488 e. The van der Waals surface area contributed by atoms with Crippen LogP contribution < -0.4 is 10.1 Å². The molecule has 0 bridgehead atoms. The summed E-state index contributed by atoms with van der Waals surface area (Å²) in [6, 6.07) is 23.9. The molecule has 1 aliphatic rings. The number of fused-ring (bicyclic) bond motifs is 1. The van der Waals surface area contributed by atoms with Crippen LogP contribution in [0, 0.1) is 5.92 Å². The van der Waals surface area contributed by atoms with E-state index in [2.05, 4.69) is 60.6 Å². The summed E-state index contributed by atoms with van der Waals surface area (Å²) in [5, 5.41) is 12.9. The average Bonchev–Trinajstić information content (AvgIpc) is 2.99. The Morgan fingerprint density at radius 1 is 1.05 bits per heavy atom. The molecule has 1 heterocycles. The first kappa shape index (κ1) is 32.2. The van der Waals surface area contributed by atoms with Crippen LogP contribution in [0.1, 0.15) is 42.6 Å². The van der Waals surface area contributed by atoms with Gasteiger partial charge in [-0.2, -0.15) is 0 Å². The number of aliphatic hydroxyl groups excluding tert-OH is 1. The molecule has 0 aliphatic carbocycles. The van der Waals surface area contributed by atoms with Gasteiger partial charge in [-0.3, -0.25) is 14.5 Å². The molecule has 0 saturated heterocycles. The number of amides is 2. The number of benzene rings is 3. The van der Waals surface area contributed by atoms with Crippen LogP contribution in [0.3, 0.4) is 0 Å². The standard InChI is InChI=1S/C35H46N4O4/c1-25-21-39(26(2)24-40)35(42)31-20-30(36-34(41)12-9-19-37(3)4)17-18-32(31)43-33(25)23-38(5)22-27-13-15-29(16-14-27)28-10-7-6-8-11-28/h6-8,10-11,13-18,20,25-26,33,40H,9,12,19,21-24H2,1-5H3,(H,36,41)/t25-,26+,33-/m0/s1. The van der Waals surface area contributed by atoms with Gasteiger partial charge in [0.1, 0.15) is 11.9 Å². The number of aliphatic hydroxyl groups is 1. The van der Waals surface area contributed by atoms with E-state index in [0.717, 1.165) is 19.5 Å². The van der Waals surface area contributed by atoms with Gasteiger partial charge in [-0.05, 0) is 75.9 Å². The molecule has 0 unspecified atom stereocenters. The Kier molecular flexibility index (Phi) is 11.3. The first-order chi connectivity index (χ1) is 20.6. The van der Waals surface area contributed by atoms with Crippen LogP contribution in [0.4, 0.5) is 5.69 Å². The van der Waals surface area contributed by atoms with Gasteiger partial charge in [0.2, 0.25) is 5.91 Å². The summed E-state index contributed by atoms with van der Waals surface area (Å²) in [7, 11) is 6.04. The Morgan fingerprint density at radius 2 is 1.74 bits per heavy atom. The van der Waals surface area contributed by atoms with Crippen LogP contribution in [-0.4, -0.2) is 91.2 Å². The van der Waals surface area contributed by atoms with Crippen molar-refractivity contribution in [1.82, 2.24) is 14.7 Å². The van der Waals surface area contributed by atoms with E-state index >= 15 is 0 Å². The average molecular weight is 587 g/mol. The van der Waals surface area contributed by atoms with Crippen LogP contribution in [0.15, 0.2) is 72.8 Å². The zero-order chi connectivity index (χ0) is 30.9. The number of hydrogen-bond donors (Lipinski definition) is 2. The summed E-state index contributed by atoms with van der Waals surface area (Å²) < 4.78 is 6.55. The summed E-state index contributed by atoms with van der Waals surface area (Å²) in [4.78, 5) is 32.3. The molecule has 8 heteroatoms. The fraction of sp³-hybridized carbons (Fsp3) is 0.429. The first-order valence-corrected chi connectivity index (χ1v) is 15.1. The molecule has 8 nitrogen and oxygen atoms in total. The van der Waals surface area contributed by atoms with Crippen molar-refractivity contribution in [2.75, 3.05) is 52.7 Å². The summed E-state index contributed by atoms with van der Waals surface area (Å²) >= 11 is 0. The molecule has 0 aromatic heterocycles. The van der Waals surface area contributed by atoms with Crippen molar-refractivity contribution in [1.29, 1.82) is 0 Å². The summed E-state index contributed by atoms with van der Waals surface area (Å²) in [6.45, 7) is 6.48. The number of nitrogens with one attached hydrogen (secondary N) is 1. The largest absolute Gasteiger partial charge is 0.488 e. The molecule has 0 saturated carbocycles. The minimum atomic E-state index is -0.355. The lowest BCUT2D eigenvalue weighted by molar-refractivity contribution is -0.116. The monoisotopic (exact) mass is 586 g/mol. The summed E-state index contributed by atoms with van der Waals surface area (Å²) in [5.41, 5.74) is 4.54. The molecule has 1 aliphatic heterocycles. The molecule has 0 fully saturated rings. The molecule has 3 atom stereocenters. The summed E-state index contributed by atoms with van der Waals surface area (Å²) in [5.74, 6) is 0.205. The Balaban J connectivity index is 1.49. The third kappa shape index (κ3) is 8.89. The fourth-order valence-electron chi connectivity index (χ4n) is 5.41. The Morgan fingerprint density at radius 3 is 2.42 bits per heavy atom. The molecule has 43 heavy (non-hydrogen) atoms. The van der Waals surface area contributed by atoms with Crippen LogP contribution in [0.5, 0.6) is 5.75 Å². The van der Waals surface area contributed by atoms with Gasteiger partial charge in [-0.1, -0.05) is 61.5 Å². The van der Waals surface area contributed by atoms with Gasteiger partial charge >= 0.3 is 0 Å². The molecular formula is C35H46N4O4. The number of anilines is 1. The van der Waals surface area contributed by atoms with E-state index in [1.807, 2.05) is 44.1 Å². The maximum Gasteiger partial charge on any atom is 0.258 e. The highest BCUT2D eigenvalue weighted by molar-refractivity contribution is 5.99. The third-order valence-corrected chi connectivity index (χ3v) is 7.96. The molecule has 0 radical (unpaired) electrons. The van der Waals surface area contributed by atoms with Crippen LogP contribution >= 0.6 is 0 Å². The molecule has 2 N–H and O–H groups in total. The van der Waals surface area contributed by atoms with E-state index in [1.165, 1.54) is 16.7 Å². The highest BCUT2D eigenvalue weighted by Crippen LogP contribution is 2.31. The Labute approximate surface area is 256 Å². The normalized spacial score (nSPS) is 17.7. The second-order valence-corrected chi connectivity index (χ2v) is 12.0. The topological polar surface area (TPSA) is 85.3 Å². The van der Waals surface area contributed by atoms with E-state index in [4.69, 9.17) is 4.74 Å². The van der Waals surface area contributed by atoms with Crippen molar-refractivity contribution < 1.29 is 19.4 Å². The van der Waals surface area contributed by atoms with Crippen LogP contribution in [0.25, 0.3) is 11.1 Å². The quantitative estimate of drug-likeness (QED) is 0.311. The van der Waals surface area contributed by atoms with Gasteiger partial charge in [0, 0.05) is 37.7 Å². The number of ether oxygens (including phenoxy) is 1. The molecule has 3 aromatic carbocycles. The van der Waals surface area contributed by atoms with Gasteiger partial charge in [-0.15, -0.1) is 0 Å². The lowest BCUT2D eigenvalue weighted by Crippen LogP contribution is -2.49. The highest BCUT2D eigenvalue weighted by Gasteiger charge is 2.33. The number of carbonyl (C=O) groups is 2. The predicted octanol–water partition coefficient (Wildman–Crippen LogP) is 4.99. The first-order valence-electron chi connectivity index (χ1n) is 15.1. The second-order valence-electron chi connectivity index (χ2n) is 12.0. The highest BCUT2D eigenvalue weighted by atomic mass is 16.5. The molecule has 0 spiro atoms. The van der Waals surface area contributed by atoms with Gasteiger partial charge in [0.05, 0.1) is 18.2 Å². The molecule has 3 aromatic rings. The molecule has 230 valence electrons. The number of carbonyl (C=O) groups excluding carboxylic acids is 2. The molecule has 2 amide bonds. The van der Waals surface area contributed by atoms with Gasteiger partial charge in [0.25, 0.3) is 5.91 Å². The van der Waals surface area contributed by atoms with Crippen molar-refractivity contribution in [2.45, 2.75) is 45.4 Å². The lowest BCUT2D eigenvalue weighted by Gasteiger charge is -2.38. The van der Waals surface area contributed by atoms with E-state index < -0.39 is 0 Å². The number of likely N-dealkylation sites (N-methyl/N-ethyl adjacent to an activating group) is 1. The zero-order valence-electron chi connectivity index (χ0n) is 26.1. The smallest absolute Gasteiger partial charge is 0.258 e. The molecular weight excluding hydrogens is 540 g/mol. The van der Waals surface area contributed by atoms with Crippen molar-refractivity contribution in [3.8, 4) is 16.9 Å². The van der Waals surface area contributed by atoms with Gasteiger partial charge in [0.15, 0.2) is 0 Å². The van der Waals surface area contributed by atoms with Gasteiger partial charge < -0.3 is 25.0 Å². The van der Waals surface area contributed by atoms with Crippen molar-refractivity contribution >= 4 is 17.5 Å². The molecule has 4 rings (SSSR count). The number of hydrogen-bond acceptors (Lipinski definition) is 6. The van der Waals surface area contributed by atoms with E-state index in [9.17, 15) is 14.7 Å². The van der Waals surface area contributed by atoms with Crippen molar-refractivity contribution in [3.63, 3.8) is 0 Å². The van der Waals surface area contributed by atoms with Crippen molar-refractivity contribution in [2.24, 2.45) is 5.92 Å². The Hall–Kier alpha value is -3.72. The summed E-state index contributed by atoms with van der Waals surface area (Å²) in [6.07, 6.45) is 0.951. The van der Waals surface area contributed by atoms with E-state index in [1.54, 1.807) is 23.1 Å². The zero-order valence-corrected chi connectivity index (χ0v) is 26.1. The van der Waals surface area contributed by atoms with E-state index in [-0.39, 0.29) is 36.5 Å². The second kappa shape index (κ2) is 15.1. The van der Waals surface area contributed by atoms with E-state index in [0.29, 0.717) is 36.5 Å².